The summed E-state index contributed by atoms with van der Waals surface area (Å²) in [5, 5.41) is 6.64. The summed E-state index contributed by atoms with van der Waals surface area (Å²) in [6, 6.07) is 0. The van der Waals surface area contributed by atoms with E-state index in [4.69, 9.17) is 0 Å². The maximum absolute atomic E-state index is 3.88. The number of hydrogen-bond donors (Lipinski definition) is 2. The van der Waals surface area contributed by atoms with Crippen molar-refractivity contribution < 1.29 is 0 Å². The molecule has 1 heterocycles. The van der Waals surface area contributed by atoms with Crippen LogP contribution in [0.3, 0.4) is 0 Å². The summed E-state index contributed by atoms with van der Waals surface area (Å²) in [6.45, 7) is 0. The number of rotatable bonds is 0. The topological polar surface area (TPSA) is 39.7 Å². The molecule has 1 aliphatic rings. The van der Waals surface area contributed by atoms with Gasteiger partial charge in [0.2, 0.25) is 0 Å². The number of thioether (sulfide) groups is 1. The van der Waals surface area contributed by atoms with Crippen molar-refractivity contribution in [2.24, 2.45) is 5.10 Å². The Morgan fingerprint density at radius 3 is 2.75 bits per heavy atom. The van der Waals surface area contributed by atoms with Crippen molar-refractivity contribution >= 4 is 16.9 Å². The lowest BCUT2D eigenvalue weighted by Gasteiger charge is -2.08. The van der Waals surface area contributed by atoms with E-state index < -0.39 is 0 Å². The first kappa shape index (κ1) is 5.71. The van der Waals surface area contributed by atoms with Crippen molar-refractivity contribution in [1.82, 2.24) is 16.1 Å². The fraction of sp³-hybridized carbons (Fsp3) is 0.667. The molecule has 0 bridgehead atoms. The second-order valence-corrected chi connectivity index (χ2v) is 2.15. The molecule has 0 saturated carbocycles. The Bertz CT molecular complexity index is 112. The molecule has 1 rings (SSSR count). The van der Waals surface area contributed by atoms with E-state index in [1.807, 2.05) is 18.3 Å². The van der Waals surface area contributed by atoms with E-state index >= 15 is 0 Å². The van der Waals surface area contributed by atoms with Crippen LogP contribution in [0.25, 0.3) is 0 Å². The largest absolute Gasteiger partial charge is 0.269 e. The first-order chi connectivity index (χ1) is 3.84. The Kier molecular flexibility index (Phi) is 1.59. The van der Waals surface area contributed by atoms with Gasteiger partial charge in [0.15, 0.2) is 5.17 Å². The molecule has 0 radical (unpaired) electrons. The summed E-state index contributed by atoms with van der Waals surface area (Å²) in [7, 11) is 1.90. The maximum Gasteiger partial charge on any atom is 0.199 e. The lowest BCUT2D eigenvalue weighted by molar-refractivity contribution is 0.352. The number of hydrogen-bond acceptors (Lipinski definition) is 5. The molecule has 0 aromatic rings. The molecule has 0 aliphatic carbocycles. The van der Waals surface area contributed by atoms with Crippen LogP contribution in [-0.2, 0) is 0 Å². The van der Waals surface area contributed by atoms with Crippen LogP contribution >= 0.6 is 11.8 Å². The van der Waals surface area contributed by atoms with E-state index in [1.165, 1.54) is 0 Å². The zero-order chi connectivity index (χ0) is 5.98. The molecular formula is C3H8N4S. The lowest BCUT2D eigenvalue weighted by atomic mass is 11.1. The van der Waals surface area contributed by atoms with Crippen molar-refractivity contribution in [2.45, 2.75) is 0 Å². The average molecular weight is 132 g/mol. The molecule has 0 aromatic carbocycles. The number of hydrazine groups is 2. The maximum atomic E-state index is 3.88. The van der Waals surface area contributed by atoms with Gasteiger partial charge in [0.05, 0.1) is 0 Å². The number of nitrogens with zero attached hydrogens (tertiary/aromatic N) is 2. The number of amidine groups is 1. The van der Waals surface area contributed by atoms with E-state index in [9.17, 15) is 0 Å². The number of hydrazone groups is 1. The molecule has 0 saturated heterocycles. The quantitative estimate of drug-likeness (QED) is 0.469. The molecule has 0 atom stereocenters. The molecule has 8 heavy (non-hydrogen) atoms. The van der Waals surface area contributed by atoms with E-state index in [2.05, 4.69) is 16.2 Å². The minimum absolute atomic E-state index is 0.949. The van der Waals surface area contributed by atoms with Gasteiger partial charge in [-0.15, -0.1) is 10.6 Å². The van der Waals surface area contributed by atoms with Gasteiger partial charge in [-0.3, -0.25) is 5.01 Å². The van der Waals surface area contributed by atoms with Crippen LogP contribution in [0.15, 0.2) is 5.10 Å². The zero-order valence-electron chi connectivity index (χ0n) is 4.80. The first-order valence-corrected chi connectivity index (χ1v) is 3.43. The summed E-state index contributed by atoms with van der Waals surface area (Å²) in [6.07, 6.45) is 1.98. The molecule has 0 fully saturated rings. The van der Waals surface area contributed by atoms with E-state index in [0.717, 1.165) is 5.17 Å². The highest BCUT2D eigenvalue weighted by Crippen LogP contribution is 2.01. The van der Waals surface area contributed by atoms with Gasteiger partial charge in [-0.1, -0.05) is 11.8 Å². The minimum atomic E-state index is 0.949. The Morgan fingerprint density at radius 1 is 1.75 bits per heavy atom. The summed E-state index contributed by atoms with van der Waals surface area (Å²) in [5.41, 5.74) is 5.40. The first-order valence-electron chi connectivity index (χ1n) is 2.20. The Balaban J connectivity index is 2.49. The highest BCUT2D eigenvalue weighted by Gasteiger charge is 2.08. The zero-order valence-corrected chi connectivity index (χ0v) is 5.62. The van der Waals surface area contributed by atoms with Crippen LogP contribution < -0.4 is 11.1 Å². The highest BCUT2D eigenvalue weighted by atomic mass is 32.2. The lowest BCUT2D eigenvalue weighted by Crippen LogP contribution is -2.36. The van der Waals surface area contributed by atoms with Crippen LogP contribution in [0.5, 0.6) is 0 Å². The van der Waals surface area contributed by atoms with Crippen LogP contribution in [0.4, 0.5) is 0 Å². The van der Waals surface area contributed by atoms with E-state index in [-0.39, 0.29) is 0 Å². The van der Waals surface area contributed by atoms with Crippen LogP contribution in [0.1, 0.15) is 0 Å². The third-order valence-corrected chi connectivity index (χ3v) is 1.57. The summed E-state index contributed by atoms with van der Waals surface area (Å²) < 4.78 is 0. The van der Waals surface area contributed by atoms with Crippen molar-refractivity contribution in [3.63, 3.8) is 0 Å². The summed E-state index contributed by atoms with van der Waals surface area (Å²) >= 11 is 1.59. The molecule has 1 aliphatic heterocycles. The smallest absolute Gasteiger partial charge is 0.199 e. The van der Waals surface area contributed by atoms with Crippen molar-refractivity contribution in [3.05, 3.63) is 0 Å². The monoisotopic (exact) mass is 132 g/mol. The molecule has 4 nitrogen and oxygen atoms in total. The van der Waals surface area contributed by atoms with Gasteiger partial charge >= 0.3 is 0 Å². The average Bonchev–Trinajstić information content (AvgIpc) is 2.14. The molecule has 0 spiro atoms. The SMILES string of the molecule is CSC1=NNNN1C. The van der Waals surface area contributed by atoms with Crippen LogP contribution in [-0.4, -0.2) is 23.5 Å². The Hall–Kier alpha value is -0.420. The van der Waals surface area contributed by atoms with E-state index in [1.54, 1.807) is 11.8 Å². The Labute approximate surface area is 52.3 Å². The number of nitrogens with one attached hydrogen (secondary N) is 2. The fourth-order valence-electron chi connectivity index (χ4n) is 0.453. The van der Waals surface area contributed by atoms with Crippen LogP contribution in [0, 0.1) is 0 Å². The molecule has 46 valence electrons. The standard InChI is InChI=1S/C3H8N4S/c1-7-3(8-2)4-5-6-7/h5-6H,1-2H3. The van der Waals surface area contributed by atoms with Gasteiger partial charge in [-0.25, -0.2) is 5.53 Å². The van der Waals surface area contributed by atoms with Gasteiger partial charge < -0.3 is 0 Å². The second-order valence-electron chi connectivity index (χ2n) is 1.38. The molecule has 2 N–H and O–H groups in total. The van der Waals surface area contributed by atoms with Crippen molar-refractivity contribution in [3.8, 4) is 0 Å². The normalized spacial score (nSPS) is 18.2. The van der Waals surface area contributed by atoms with E-state index in [0.29, 0.717) is 0 Å². The fourth-order valence-corrected chi connectivity index (χ4v) is 0.910. The predicted molar refractivity (Wildman–Crippen MR) is 35.0 cm³/mol. The predicted octanol–water partition coefficient (Wildman–Crippen LogP) is -0.425. The van der Waals surface area contributed by atoms with Gasteiger partial charge in [0.1, 0.15) is 0 Å². The third kappa shape index (κ3) is 0.873. The van der Waals surface area contributed by atoms with Gasteiger partial charge in [0, 0.05) is 7.05 Å². The van der Waals surface area contributed by atoms with Gasteiger partial charge in [0.25, 0.3) is 0 Å². The highest BCUT2D eigenvalue weighted by molar-refractivity contribution is 8.13. The molecule has 0 unspecified atom stereocenters. The van der Waals surface area contributed by atoms with Crippen molar-refractivity contribution in [2.75, 3.05) is 13.3 Å². The van der Waals surface area contributed by atoms with Gasteiger partial charge in [-0.05, 0) is 6.26 Å². The molecule has 0 amide bonds. The van der Waals surface area contributed by atoms with Crippen LogP contribution in [0.2, 0.25) is 0 Å². The van der Waals surface area contributed by atoms with Crippen molar-refractivity contribution in [1.29, 1.82) is 0 Å². The summed E-state index contributed by atoms with van der Waals surface area (Å²) in [4.78, 5) is 0. The minimum Gasteiger partial charge on any atom is -0.269 e. The molecular weight excluding hydrogens is 124 g/mol. The van der Waals surface area contributed by atoms with Gasteiger partial charge in [-0.2, -0.15) is 0 Å². The molecule has 0 aromatic heterocycles. The Morgan fingerprint density at radius 2 is 2.50 bits per heavy atom. The molecule has 5 heteroatoms. The second kappa shape index (κ2) is 2.23. The third-order valence-electron chi connectivity index (χ3n) is 0.839. The summed E-state index contributed by atoms with van der Waals surface area (Å²) in [5.74, 6) is 0.